The van der Waals surface area contributed by atoms with Crippen LogP contribution in [-0.2, 0) is 11.4 Å². The predicted molar refractivity (Wildman–Crippen MR) is 88.5 cm³/mol. The van der Waals surface area contributed by atoms with Gasteiger partial charge < -0.3 is 9.25 Å². The van der Waals surface area contributed by atoms with Crippen LogP contribution in [0, 0.1) is 5.82 Å². The van der Waals surface area contributed by atoms with E-state index in [1.807, 2.05) is 0 Å². The summed E-state index contributed by atoms with van der Waals surface area (Å²) in [6, 6.07) is 10.8. The van der Waals surface area contributed by atoms with Crippen molar-refractivity contribution in [2.45, 2.75) is 6.61 Å². The maximum atomic E-state index is 12.9. The molecule has 0 N–H and O–H groups in total. The minimum Gasteiger partial charge on any atom is -0.417 e. The van der Waals surface area contributed by atoms with Gasteiger partial charge in [0.1, 0.15) is 5.82 Å². The van der Waals surface area contributed by atoms with Crippen molar-refractivity contribution in [3.05, 3.63) is 69.8 Å². The van der Waals surface area contributed by atoms with E-state index in [9.17, 15) is 4.39 Å². The normalized spacial score (nSPS) is 11.1. The van der Waals surface area contributed by atoms with Crippen LogP contribution in [0.3, 0.4) is 0 Å². The number of hydrogen-bond acceptors (Lipinski definition) is 5. The summed E-state index contributed by atoms with van der Waals surface area (Å²) in [6.07, 6.45) is 1.49. The molecule has 5 nitrogen and oxygen atoms in total. The fourth-order valence-electron chi connectivity index (χ4n) is 1.80. The molecule has 0 amide bonds. The second kappa shape index (κ2) is 7.42. The van der Waals surface area contributed by atoms with Crippen LogP contribution in [0.25, 0.3) is 11.5 Å². The zero-order chi connectivity index (χ0) is 16.9. The van der Waals surface area contributed by atoms with Crippen molar-refractivity contribution in [3.63, 3.8) is 0 Å². The maximum Gasteiger partial charge on any atom is 0.257 e. The highest BCUT2D eigenvalue weighted by Gasteiger charge is 2.08. The highest BCUT2D eigenvalue weighted by atomic mass is 35.5. The Hall–Kier alpha value is -2.44. The Labute approximate surface area is 146 Å². The summed E-state index contributed by atoms with van der Waals surface area (Å²) < 4.78 is 18.3. The van der Waals surface area contributed by atoms with Crippen molar-refractivity contribution in [2.24, 2.45) is 5.16 Å². The summed E-state index contributed by atoms with van der Waals surface area (Å²) in [5.74, 6) is 0.195. The smallest absolute Gasteiger partial charge is 0.257 e. The summed E-state index contributed by atoms with van der Waals surface area (Å²) in [5, 5.41) is 12.4. The van der Waals surface area contributed by atoms with Crippen LogP contribution in [-0.4, -0.2) is 16.4 Å². The van der Waals surface area contributed by atoms with Crippen LogP contribution in [0.4, 0.5) is 4.39 Å². The minimum absolute atomic E-state index is 0.00597. The molecule has 1 heterocycles. The molecule has 0 bridgehead atoms. The second-order valence-electron chi connectivity index (χ2n) is 4.69. The van der Waals surface area contributed by atoms with Crippen molar-refractivity contribution in [3.8, 4) is 11.5 Å². The fourth-order valence-corrected chi connectivity index (χ4v) is 2.11. The lowest BCUT2D eigenvalue weighted by atomic mass is 10.2. The molecule has 0 saturated heterocycles. The van der Waals surface area contributed by atoms with Crippen LogP contribution in [0.5, 0.6) is 0 Å². The lowest BCUT2D eigenvalue weighted by Gasteiger charge is -1.97. The van der Waals surface area contributed by atoms with Gasteiger partial charge in [-0.25, -0.2) is 4.39 Å². The fraction of sp³-hybridized carbons (Fsp3) is 0.0625. The number of rotatable bonds is 5. The highest BCUT2D eigenvalue weighted by molar-refractivity contribution is 6.42. The molecule has 0 aliphatic carbocycles. The van der Waals surface area contributed by atoms with Gasteiger partial charge in [0.2, 0.25) is 5.89 Å². The average molecular weight is 366 g/mol. The highest BCUT2D eigenvalue weighted by Crippen LogP contribution is 2.22. The molecule has 0 spiro atoms. The molecular formula is C16H10Cl2FN3O2. The van der Waals surface area contributed by atoms with Crippen LogP contribution in [0.15, 0.2) is 52.0 Å². The van der Waals surface area contributed by atoms with Crippen LogP contribution < -0.4 is 0 Å². The van der Waals surface area contributed by atoms with Gasteiger partial charge in [-0.3, -0.25) is 0 Å². The van der Waals surface area contributed by atoms with Gasteiger partial charge in [-0.15, -0.1) is 10.2 Å². The van der Waals surface area contributed by atoms with E-state index < -0.39 is 0 Å². The van der Waals surface area contributed by atoms with E-state index >= 15 is 0 Å². The zero-order valence-electron chi connectivity index (χ0n) is 12.1. The molecule has 2 aromatic carbocycles. The summed E-state index contributed by atoms with van der Waals surface area (Å²) in [4.78, 5) is 5.10. The predicted octanol–water partition coefficient (Wildman–Crippen LogP) is 4.73. The van der Waals surface area contributed by atoms with Crippen LogP contribution in [0.2, 0.25) is 10.0 Å². The Morgan fingerprint density at radius 3 is 2.62 bits per heavy atom. The molecule has 24 heavy (non-hydrogen) atoms. The van der Waals surface area contributed by atoms with Crippen molar-refractivity contribution in [2.75, 3.05) is 0 Å². The Kier molecular flexibility index (Phi) is 5.08. The average Bonchev–Trinajstić information content (AvgIpc) is 3.04. The minimum atomic E-state index is -0.335. The van der Waals surface area contributed by atoms with Gasteiger partial charge in [-0.2, -0.15) is 0 Å². The van der Waals surface area contributed by atoms with Crippen molar-refractivity contribution < 1.29 is 13.6 Å². The van der Waals surface area contributed by atoms with E-state index in [2.05, 4.69) is 15.4 Å². The van der Waals surface area contributed by atoms with Crippen LogP contribution in [0.1, 0.15) is 11.5 Å². The molecule has 0 radical (unpaired) electrons. The van der Waals surface area contributed by atoms with E-state index in [0.717, 1.165) is 5.56 Å². The SMILES string of the molecule is Fc1ccc(-c2nnc(CON=Cc3ccc(Cl)c(Cl)c3)o2)cc1. The molecule has 3 aromatic rings. The van der Waals surface area contributed by atoms with E-state index in [4.69, 9.17) is 32.5 Å². The molecular weight excluding hydrogens is 356 g/mol. The van der Waals surface area contributed by atoms with E-state index in [1.54, 1.807) is 30.3 Å². The quantitative estimate of drug-likeness (QED) is 0.484. The Morgan fingerprint density at radius 2 is 1.88 bits per heavy atom. The van der Waals surface area contributed by atoms with Gasteiger partial charge in [0.05, 0.1) is 16.3 Å². The third kappa shape index (κ3) is 4.10. The van der Waals surface area contributed by atoms with E-state index in [0.29, 0.717) is 15.6 Å². The third-order valence-electron chi connectivity index (χ3n) is 2.97. The Morgan fingerprint density at radius 1 is 1.08 bits per heavy atom. The monoisotopic (exact) mass is 365 g/mol. The largest absolute Gasteiger partial charge is 0.417 e. The van der Waals surface area contributed by atoms with Gasteiger partial charge in [0.15, 0.2) is 6.61 Å². The number of oxime groups is 1. The first-order valence-corrected chi connectivity index (χ1v) is 7.56. The van der Waals surface area contributed by atoms with Gasteiger partial charge in [0, 0.05) is 5.56 Å². The van der Waals surface area contributed by atoms with Gasteiger partial charge >= 0.3 is 0 Å². The van der Waals surface area contributed by atoms with Gasteiger partial charge in [-0.1, -0.05) is 34.4 Å². The lowest BCUT2D eigenvalue weighted by molar-refractivity contribution is 0.112. The van der Waals surface area contributed by atoms with Crippen LogP contribution >= 0.6 is 23.2 Å². The molecule has 0 aliphatic heterocycles. The Bertz CT molecular complexity index is 866. The second-order valence-corrected chi connectivity index (χ2v) is 5.50. The standard InChI is InChI=1S/C16H10Cl2FN3O2/c17-13-6-1-10(7-14(13)18)8-20-23-9-15-21-22-16(24-15)11-2-4-12(19)5-3-11/h1-8H,9H2. The number of benzene rings is 2. The van der Waals surface area contributed by atoms with E-state index in [-0.39, 0.29) is 24.2 Å². The first-order valence-electron chi connectivity index (χ1n) is 6.80. The van der Waals surface area contributed by atoms with E-state index in [1.165, 1.54) is 18.3 Å². The third-order valence-corrected chi connectivity index (χ3v) is 3.71. The summed E-state index contributed by atoms with van der Waals surface area (Å²) >= 11 is 11.7. The van der Waals surface area contributed by atoms with Gasteiger partial charge in [-0.05, 0) is 42.0 Å². The molecule has 0 atom stereocenters. The first kappa shape index (κ1) is 16.4. The summed E-state index contributed by atoms with van der Waals surface area (Å²) in [7, 11) is 0. The lowest BCUT2D eigenvalue weighted by Crippen LogP contribution is -1.88. The van der Waals surface area contributed by atoms with Crippen molar-refractivity contribution in [1.29, 1.82) is 0 Å². The molecule has 8 heteroatoms. The number of halogens is 3. The Balaban J connectivity index is 1.58. The molecule has 1 aromatic heterocycles. The van der Waals surface area contributed by atoms with Gasteiger partial charge in [0.25, 0.3) is 5.89 Å². The summed E-state index contributed by atoms with van der Waals surface area (Å²) in [5.41, 5.74) is 1.36. The molecule has 0 unspecified atom stereocenters. The molecule has 0 saturated carbocycles. The molecule has 122 valence electrons. The first-order chi connectivity index (χ1) is 11.6. The maximum absolute atomic E-state index is 12.9. The summed E-state index contributed by atoms with van der Waals surface area (Å²) in [6.45, 7) is 0.00597. The molecule has 3 rings (SSSR count). The van der Waals surface area contributed by atoms with Crippen molar-refractivity contribution >= 4 is 29.4 Å². The number of aromatic nitrogens is 2. The zero-order valence-corrected chi connectivity index (χ0v) is 13.6. The number of hydrogen-bond donors (Lipinski definition) is 0. The molecule has 0 aliphatic rings. The molecule has 0 fully saturated rings. The van der Waals surface area contributed by atoms with Crippen molar-refractivity contribution in [1.82, 2.24) is 10.2 Å². The number of nitrogens with zero attached hydrogens (tertiary/aromatic N) is 3. The topological polar surface area (TPSA) is 60.5 Å².